The second-order valence-corrected chi connectivity index (χ2v) is 3.32. The Labute approximate surface area is 74.9 Å². The predicted molar refractivity (Wildman–Crippen MR) is 51.0 cm³/mol. The van der Waals surface area contributed by atoms with Crippen LogP contribution in [0.5, 0.6) is 0 Å². The van der Waals surface area contributed by atoms with E-state index in [1.807, 2.05) is 7.05 Å². The van der Waals surface area contributed by atoms with Gasteiger partial charge < -0.3 is 4.90 Å². The molecule has 0 atom stereocenters. The van der Waals surface area contributed by atoms with Gasteiger partial charge in [-0.3, -0.25) is 15.8 Å². The minimum atomic E-state index is 1.03. The summed E-state index contributed by atoms with van der Waals surface area (Å²) in [5.41, 5.74) is 6.03. The highest BCUT2D eigenvalue weighted by Crippen LogP contribution is 1.96. The maximum atomic E-state index is 3.10. The van der Waals surface area contributed by atoms with Gasteiger partial charge in [-0.25, -0.2) is 0 Å². The van der Waals surface area contributed by atoms with Crippen molar-refractivity contribution in [2.45, 2.75) is 0 Å². The van der Waals surface area contributed by atoms with Crippen molar-refractivity contribution in [2.24, 2.45) is 0 Å². The molecule has 0 unspecified atom stereocenters. The van der Waals surface area contributed by atoms with E-state index in [1.54, 1.807) is 0 Å². The molecule has 0 aromatic heterocycles. The van der Waals surface area contributed by atoms with Crippen LogP contribution < -0.4 is 10.9 Å². The monoisotopic (exact) mass is 172 g/mol. The van der Waals surface area contributed by atoms with Gasteiger partial charge in [0.25, 0.3) is 0 Å². The van der Waals surface area contributed by atoms with E-state index >= 15 is 0 Å². The smallest absolute Gasteiger partial charge is 0.0228 e. The number of nitrogens with one attached hydrogen (secondary N) is 2. The van der Waals surface area contributed by atoms with Crippen LogP contribution >= 0.6 is 0 Å². The first-order valence-electron chi connectivity index (χ1n) is 4.63. The number of rotatable bonds is 4. The molecule has 1 heterocycles. The van der Waals surface area contributed by atoms with Crippen LogP contribution in [-0.4, -0.2) is 63.2 Å². The zero-order valence-electron chi connectivity index (χ0n) is 8.14. The fourth-order valence-electron chi connectivity index (χ4n) is 1.41. The molecule has 0 aromatic rings. The van der Waals surface area contributed by atoms with Crippen LogP contribution in [0.2, 0.25) is 0 Å². The third kappa shape index (κ3) is 3.49. The molecule has 1 aliphatic rings. The molecule has 1 aliphatic heterocycles. The van der Waals surface area contributed by atoms with E-state index in [1.165, 1.54) is 26.2 Å². The van der Waals surface area contributed by atoms with Gasteiger partial charge in [-0.1, -0.05) is 0 Å². The lowest BCUT2D eigenvalue weighted by Gasteiger charge is -2.32. The first-order chi connectivity index (χ1) is 5.83. The highest BCUT2D eigenvalue weighted by Gasteiger charge is 2.12. The molecule has 1 saturated heterocycles. The Morgan fingerprint density at radius 2 is 1.83 bits per heavy atom. The standard InChI is InChI=1S/C8H20N4/c1-9-10-3-4-12-7-5-11(2)6-8-12/h9-10H,3-8H2,1-2H3. The number of likely N-dealkylation sites (N-methyl/N-ethyl adjacent to an activating group) is 1. The van der Waals surface area contributed by atoms with Crippen LogP contribution in [0.3, 0.4) is 0 Å². The normalized spacial score (nSPS) is 21.5. The molecule has 12 heavy (non-hydrogen) atoms. The second-order valence-electron chi connectivity index (χ2n) is 3.32. The van der Waals surface area contributed by atoms with Gasteiger partial charge in [0.1, 0.15) is 0 Å². The van der Waals surface area contributed by atoms with Crippen molar-refractivity contribution in [1.29, 1.82) is 0 Å². The summed E-state index contributed by atoms with van der Waals surface area (Å²) >= 11 is 0. The fraction of sp³-hybridized carbons (Fsp3) is 1.00. The number of hydrazine groups is 1. The Morgan fingerprint density at radius 3 is 2.42 bits per heavy atom. The van der Waals surface area contributed by atoms with Gasteiger partial charge in [0, 0.05) is 39.3 Å². The van der Waals surface area contributed by atoms with E-state index < -0.39 is 0 Å². The molecule has 4 heteroatoms. The summed E-state index contributed by atoms with van der Waals surface area (Å²) < 4.78 is 0. The zero-order valence-corrected chi connectivity index (χ0v) is 8.14. The van der Waals surface area contributed by atoms with E-state index in [2.05, 4.69) is 27.7 Å². The van der Waals surface area contributed by atoms with Crippen molar-refractivity contribution in [2.75, 3.05) is 53.4 Å². The van der Waals surface area contributed by atoms with Crippen LogP contribution in [0.15, 0.2) is 0 Å². The van der Waals surface area contributed by atoms with Crippen molar-refractivity contribution in [3.8, 4) is 0 Å². The number of hydrogen-bond donors (Lipinski definition) is 2. The Kier molecular flexibility index (Phi) is 4.53. The highest BCUT2D eigenvalue weighted by atomic mass is 15.3. The second kappa shape index (κ2) is 5.48. The van der Waals surface area contributed by atoms with Crippen LogP contribution in [0.1, 0.15) is 0 Å². The lowest BCUT2D eigenvalue weighted by atomic mass is 10.3. The summed E-state index contributed by atoms with van der Waals surface area (Å²) in [6.45, 7) is 7.01. The summed E-state index contributed by atoms with van der Waals surface area (Å²) in [6, 6.07) is 0. The van der Waals surface area contributed by atoms with E-state index in [4.69, 9.17) is 0 Å². The van der Waals surface area contributed by atoms with Crippen LogP contribution in [0.25, 0.3) is 0 Å². The summed E-state index contributed by atoms with van der Waals surface area (Å²) in [6.07, 6.45) is 0. The molecule has 0 radical (unpaired) electrons. The zero-order chi connectivity index (χ0) is 8.81. The van der Waals surface area contributed by atoms with E-state index in [0.717, 1.165) is 13.1 Å². The number of nitrogens with zero attached hydrogens (tertiary/aromatic N) is 2. The lowest BCUT2D eigenvalue weighted by Crippen LogP contribution is -2.47. The van der Waals surface area contributed by atoms with Gasteiger partial charge in [0.2, 0.25) is 0 Å². The quantitative estimate of drug-likeness (QED) is 0.419. The summed E-state index contributed by atoms with van der Waals surface area (Å²) in [4.78, 5) is 4.87. The fourth-order valence-corrected chi connectivity index (χ4v) is 1.41. The van der Waals surface area contributed by atoms with Crippen LogP contribution in [0.4, 0.5) is 0 Å². The topological polar surface area (TPSA) is 30.5 Å². The molecule has 0 amide bonds. The van der Waals surface area contributed by atoms with Gasteiger partial charge in [-0.15, -0.1) is 0 Å². The Morgan fingerprint density at radius 1 is 1.17 bits per heavy atom. The molecular weight excluding hydrogens is 152 g/mol. The first-order valence-corrected chi connectivity index (χ1v) is 4.63. The van der Waals surface area contributed by atoms with Gasteiger partial charge in [-0.2, -0.15) is 0 Å². The van der Waals surface area contributed by atoms with E-state index in [0.29, 0.717) is 0 Å². The van der Waals surface area contributed by atoms with Crippen molar-refractivity contribution in [3.63, 3.8) is 0 Å². The maximum absolute atomic E-state index is 3.10. The average molecular weight is 172 g/mol. The Hall–Kier alpha value is -0.160. The largest absolute Gasteiger partial charge is 0.304 e. The van der Waals surface area contributed by atoms with Gasteiger partial charge >= 0.3 is 0 Å². The molecule has 1 rings (SSSR count). The number of piperazine rings is 1. The molecule has 1 fully saturated rings. The van der Waals surface area contributed by atoms with Crippen molar-refractivity contribution in [1.82, 2.24) is 20.7 Å². The van der Waals surface area contributed by atoms with Gasteiger partial charge in [0.05, 0.1) is 0 Å². The molecule has 0 spiro atoms. The van der Waals surface area contributed by atoms with Gasteiger partial charge in [-0.05, 0) is 14.1 Å². The van der Waals surface area contributed by atoms with E-state index in [9.17, 15) is 0 Å². The van der Waals surface area contributed by atoms with E-state index in [-0.39, 0.29) is 0 Å². The molecular formula is C8H20N4. The molecule has 72 valence electrons. The average Bonchev–Trinajstić information content (AvgIpc) is 2.09. The Balaban J connectivity index is 2.01. The van der Waals surface area contributed by atoms with Crippen LogP contribution in [-0.2, 0) is 0 Å². The SMILES string of the molecule is CNNCCN1CCN(C)CC1. The predicted octanol–water partition coefficient (Wildman–Crippen LogP) is -1.04. The lowest BCUT2D eigenvalue weighted by molar-refractivity contribution is 0.154. The summed E-state index contributed by atoms with van der Waals surface area (Å²) in [5.74, 6) is 0. The third-order valence-corrected chi connectivity index (χ3v) is 2.33. The van der Waals surface area contributed by atoms with Crippen molar-refractivity contribution >= 4 is 0 Å². The maximum Gasteiger partial charge on any atom is 0.0228 e. The minimum absolute atomic E-state index is 1.03. The first kappa shape index (κ1) is 9.92. The molecule has 4 nitrogen and oxygen atoms in total. The summed E-state index contributed by atoms with van der Waals surface area (Å²) in [7, 11) is 4.09. The van der Waals surface area contributed by atoms with Crippen molar-refractivity contribution in [3.05, 3.63) is 0 Å². The molecule has 0 bridgehead atoms. The number of hydrogen-bond acceptors (Lipinski definition) is 4. The third-order valence-electron chi connectivity index (χ3n) is 2.33. The van der Waals surface area contributed by atoms with Gasteiger partial charge in [0.15, 0.2) is 0 Å². The molecule has 0 aromatic carbocycles. The highest BCUT2D eigenvalue weighted by molar-refractivity contribution is 4.69. The molecule has 2 N–H and O–H groups in total. The van der Waals surface area contributed by atoms with Crippen LogP contribution in [0, 0.1) is 0 Å². The summed E-state index contributed by atoms with van der Waals surface area (Å²) in [5, 5.41) is 0. The molecule has 0 aliphatic carbocycles. The minimum Gasteiger partial charge on any atom is -0.304 e. The molecule has 0 saturated carbocycles. The van der Waals surface area contributed by atoms with Crippen molar-refractivity contribution < 1.29 is 0 Å². The Bertz CT molecular complexity index is 110.